The fourth-order valence-corrected chi connectivity index (χ4v) is 4.28. The van der Waals surface area contributed by atoms with Crippen LogP contribution in [0, 0.1) is 10.8 Å². The van der Waals surface area contributed by atoms with Crippen LogP contribution in [0.25, 0.3) is 0 Å². The summed E-state index contributed by atoms with van der Waals surface area (Å²) in [6.07, 6.45) is -0.285. The van der Waals surface area contributed by atoms with Crippen molar-refractivity contribution in [3.8, 4) is 0 Å². The van der Waals surface area contributed by atoms with Crippen LogP contribution in [0.1, 0.15) is 38.5 Å². The van der Waals surface area contributed by atoms with E-state index in [-0.39, 0.29) is 87.0 Å². The molecule has 0 radical (unpaired) electrons. The summed E-state index contributed by atoms with van der Waals surface area (Å²) < 4.78 is 38.5. The summed E-state index contributed by atoms with van der Waals surface area (Å²) in [6.45, 7) is -3.13. The van der Waals surface area contributed by atoms with E-state index in [0.29, 0.717) is 0 Å². The maximum Gasteiger partial charge on any atom is 0.307 e. The zero-order valence-electron chi connectivity index (χ0n) is 26.2. The lowest BCUT2D eigenvalue weighted by atomic mass is 9.90. The van der Waals surface area contributed by atoms with E-state index < -0.39 is 86.3 Å². The van der Waals surface area contributed by atoms with Crippen molar-refractivity contribution in [2.75, 3.05) is 88.2 Å². The number of esters is 6. The monoisotopic (exact) mass is 764 g/mol. The highest BCUT2D eigenvalue weighted by Gasteiger charge is 2.40. The maximum atomic E-state index is 12.3. The number of hydrogen-bond acceptors (Lipinski definition) is 19. The molecule has 0 atom stereocenters. The number of thiol groups is 4. The first-order valence-electron chi connectivity index (χ1n) is 14.7. The molecule has 0 bridgehead atoms. The first kappa shape index (κ1) is 45.5. The number of carbonyl (C=O) groups excluding carboxylic acids is 6. The summed E-state index contributed by atoms with van der Waals surface area (Å²) in [6, 6.07) is 0. The van der Waals surface area contributed by atoms with Gasteiger partial charge in [-0.05, 0) is 0 Å². The molecule has 0 fully saturated rings. The highest BCUT2D eigenvalue weighted by Crippen LogP contribution is 2.26. The molecule has 19 heteroatoms. The van der Waals surface area contributed by atoms with Crippen LogP contribution in [0.5, 0.6) is 0 Å². The molecule has 0 aromatic carbocycles. The highest BCUT2D eigenvalue weighted by molar-refractivity contribution is 7.80. The van der Waals surface area contributed by atoms with E-state index >= 15 is 0 Å². The van der Waals surface area contributed by atoms with Crippen LogP contribution in [0.15, 0.2) is 0 Å². The second-order valence-corrected chi connectivity index (χ2v) is 12.5. The summed E-state index contributed by atoms with van der Waals surface area (Å²) in [5.74, 6) is -2.84. The van der Waals surface area contributed by atoms with E-state index in [1.54, 1.807) is 0 Å². The lowest BCUT2D eigenvalue weighted by molar-refractivity contribution is -0.174. The molecule has 0 aliphatic rings. The predicted molar refractivity (Wildman–Crippen MR) is 186 cm³/mol. The van der Waals surface area contributed by atoms with Crippen molar-refractivity contribution in [1.82, 2.24) is 0 Å². The van der Waals surface area contributed by atoms with Crippen molar-refractivity contribution >= 4 is 99.0 Å². The van der Waals surface area contributed by atoms with Gasteiger partial charge in [0.05, 0.1) is 56.1 Å². The van der Waals surface area contributed by atoms with Crippen LogP contribution in [0.4, 0.5) is 0 Å². The van der Waals surface area contributed by atoms with Crippen molar-refractivity contribution in [1.29, 1.82) is 0 Å². The van der Waals surface area contributed by atoms with Gasteiger partial charge in [0.2, 0.25) is 0 Å². The molecule has 0 heterocycles. The maximum absolute atomic E-state index is 12.3. The van der Waals surface area contributed by atoms with Gasteiger partial charge in [0.15, 0.2) is 0 Å². The van der Waals surface area contributed by atoms with E-state index in [1.807, 2.05) is 0 Å². The van der Waals surface area contributed by atoms with Crippen molar-refractivity contribution < 1.29 is 61.9 Å². The van der Waals surface area contributed by atoms with E-state index in [1.165, 1.54) is 0 Å². The van der Waals surface area contributed by atoms with Crippen LogP contribution in [-0.2, 0) is 74.6 Å². The van der Waals surface area contributed by atoms with Crippen LogP contribution < -0.4 is 5.73 Å². The third-order valence-electron chi connectivity index (χ3n) is 5.97. The van der Waals surface area contributed by atoms with Crippen molar-refractivity contribution in [2.24, 2.45) is 16.6 Å². The molecule has 2 N–H and O–H groups in total. The number of ether oxygens (including phenoxy) is 7. The third kappa shape index (κ3) is 22.0. The summed E-state index contributed by atoms with van der Waals surface area (Å²) in [5.41, 5.74) is 2.61. The molecular weight excluding hydrogens is 719 g/mol. The Morgan fingerprint density at radius 2 is 0.702 bits per heavy atom. The molecule has 0 saturated heterocycles. The summed E-state index contributed by atoms with van der Waals surface area (Å²) in [4.78, 5) is 73.7. The topological polar surface area (TPSA) is 193 Å². The third-order valence-corrected chi connectivity index (χ3v) is 7.07. The van der Waals surface area contributed by atoms with Gasteiger partial charge in [0.25, 0.3) is 0 Å². The molecule has 0 rings (SSSR count). The van der Waals surface area contributed by atoms with E-state index in [4.69, 9.17) is 51.5 Å². The lowest BCUT2D eigenvalue weighted by Gasteiger charge is -2.35. The molecule has 0 spiro atoms. The fraction of sp³-hybridized carbons (Fsp3) is 0.786. The first-order valence-corrected chi connectivity index (χ1v) is 17.8. The minimum Gasteiger partial charge on any atom is -0.792 e. The van der Waals surface area contributed by atoms with Gasteiger partial charge in [-0.1, -0.05) is 0 Å². The Labute approximate surface area is 302 Å². The second kappa shape index (κ2) is 27.3. The van der Waals surface area contributed by atoms with Gasteiger partial charge in [0, 0.05) is 36.0 Å². The molecule has 0 amide bonds. The summed E-state index contributed by atoms with van der Waals surface area (Å²) >= 11 is 21.0. The Morgan fingerprint density at radius 1 is 0.447 bits per heavy atom. The highest BCUT2D eigenvalue weighted by atomic mass is 32.1. The van der Waals surface area contributed by atoms with Gasteiger partial charge in [-0.2, -0.15) is 56.3 Å². The normalized spacial score (nSPS) is 11.4. The summed E-state index contributed by atoms with van der Waals surface area (Å²) in [5, 5.41) is 0. The number of rotatable bonds is 28. The number of carbonyl (C=O) groups is 6. The standard InChI is InChI=1S/C28H47NO13S5/c29-7-1-21(30)37-15-27(16-38-22(31)2-8-43,17-39-23(32)3-9-44)13-36-14-28(18-40-24(33)4-10-45,19-41-25(34)5-11-46)20-42-26(35)6-12-47/h43-47H,1-20,29H2/p-1. The molecule has 0 saturated carbocycles. The number of nitrogens with two attached hydrogens (primary N) is 1. The van der Waals surface area contributed by atoms with Crippen molar-refractivity contribution in [3.05, 3.63) is 0 Å². The van der Waals surface area contributed by atoms with Crippen LogP contribution in [0.2, 0.25) is 0 Å². The lowest BCUT2D eigenvalue weighted by Crippen LogP contribution is -2.47. The Kier molecular flexibility index (Phi) is 26.5. The van der Waals surface area contributed by atoms with Gasteiger partial charge < -0.3 is 51.5 Å². The van der Waals surface area contributed by atoms with Crippen molar-refractivity contribution in [2.45, 2.75) is 38.5 Å². The molecule has 0 aliphatic heterocycles. The number of hydrogen-bond donors (Lipinski definition) is 5. The Balaban J connectivity index is 6.45. The second-order valence-electron chi connectivity index (χ2n) is 10.3. The predicted octanol–water partition coefficient (Wildman–Crippen LogP) is 0.800. The van der Waals surface area contributed by atoms with E-state index in [9.17, 15) is 28.8 Å². The van der Waals surface area contributed by atoms with E-state index in [0.717, 1.165) is 0 Å². The quantitative estimate of drug-likeness (QED) is 0.0325. The minimum absolute atomic E-state index is 0.0147. The molecule has 14 nitrogen and oxygen atoms in total. The first-order chi connectivity index (χ1) is 22.4. The van der Waals surface area contributed by atoms with Gasteiger partial charge in [-0.15, -0.1) is 0 Å². The summed E-state index contributed by atoms with van der Waals surface area (Å²) in [7, 11) is 0. The average Bonchev–Trinajstić information content (AvgIpc) is 3.03. The Morgan fingerprint density at radius 3 is 0.936 bits per heavy atom. The van der Waals surface area contributed by atoms with Crippen LogP contribution in [0.3, 0.4) is 0 Å². The Hall–Kier alpha value is -1.51. The van der Waals surface area contributed by atoms with Gasteiger partial charge in [0.1, 0.15) is 39.6 Å². The zero-order chi connectivity index (χ0) is 35.6. The van der Waals surface area contributed by atoms with Crippen LogP contribution >= 0.6 is 50.5 Å². The molecule has 0 aliphatic carbocycles. The fourth-order valence-electron chi connectivity index (χ4n) is 3.38. The SMILES string of the molecule is NCCC(=O)OCC(COCC(COC(=O)CC[S-])(COC(=O)CCS)COC(=O)CCS)(COC(=O)CCS)COC(=O)CCS. The molecular formula is C28H46NO13S5-. The zero-order valence-corrected chi connectivity index (χ0v) is 30.6. The molecule has 47 heavy (non-hydrogen) atoms. The largest absolute Gasteiger partial charge is 0.792 e. The minimum atomic E-state index is -1.43. The smallest absolute Gasteiger partial charge is 0.307 e. The molecule has 0 aromatic rings. The van der Waals surface area contributed by atoms with Gasteiger partial charge >= 0.3 is 35.8 Å². The van der Waals surface area contributed by atoms with Gasteiger partial charge in [-0.25, -0.2) is 0 Å². The molecule has 0 unspecified atom stereocenters. The molecule has 0 aromatic heterocycles. The molecule has 272 valence electrons. The van der Waals surface area contributed by atoms with Crippen LogP contribution in [-0.4, -0.2) is 124 Å². The average molecular weight is 765 g/mol. The van der Waals surface area contributed by atoms with Gasteiger partial charge in [-0.3, -0.25) is 28.8 Å². The van der Waals surface area contributed by atoms with E-state index in [2.05, 4.69) is 50.5 Å². The Bertz CT molecular complexity index is 789. The van der Waals surface area contributed by atoms with Crippen molar-refractivity contribution in [3.63, 3.8) is 0 Å².